The van der Waals surface area contributed by atoms with E-state index in [1.54, 1.807) is 31.3 Å². The molecule has 1 aliphatic heterocycles. The van der Waals surface area contributed by atoms with Crippen molar-refractivity contribution >= 4 is 17.8 Å². The number of hydrogen-bond acceptors (Lipinski definition) is 5. The first-order chi connectivity index (χ1) is 16.2. The lowest BCUT2D eigenvalue weighted by molar-refractivity contribution is -0.139. The molecule has 0 radical (unpaired) electrons. The van der Waals surface area contributed by atoms with Crippen molar-refractivity contribution in [2.75, 3.05) is 20.3 Å². The normalized spacial score (nSPS) is 17.7. The summed E-state index contributed by atoms with van der Waals surface area (Å²) >= 11 is 0. The van der Waals surface area contributed by atoms with E-state index in [4.69, 9.17) is 9.47 Å². The number of ether oxygens (including phenoxy) is 2. The van der Waals surface area contributed by atoms with Gasteiger partial charge in [0.15, 0.2) is 13.2 Å². The standard InChI is InChI=1S/C26H31FN2O5/c1-18-6-4-7-19(2)29(18)25(31)17-33-23-12-10-21(11-13-23)26(32)34-16-24(30)28(3)15-20-8-5-9-22(27)14-20/h5,8-14,18-19H,4,6-7,15-17H2,1-3H3/t18-,19-/m1/s1. The van der Waals surface area contributed by atoms with Gasteiger partial charge in [0.2, 0.25) is 0 Å². The number of esters is 1. The van der Waals surface area contributed by atoms with E-state index < -0.39 is 18.5 Å². The summed E-state index contributed by atoms with van der Waals surface area (Å²) in [4.78, 5) is 40.4. The second-order valence-electron chi connectivity index (χ2n) is 8.70. The van der Waals surface area contributed by atoms with Crippen LogP contribution >= 0.6 is 0 Å². The minimum Gasteiger partial charge on any atom is -0.484 e. The van der Waals surface area contributed by atoms with Crippen LogP contribution in [0.3, 0.4) is 0 Å². The lowest BCUT2D eigenvalue weighted by Crippen LogP contribution is -2.49. The van der Waals surface area contributed by atoms with E-state index in [9.17, 15) is 18.8 Å². The Morgan fingerprint density at radius 1 is 1.03 bits per heavy atom. The number of rotatable bonds is 8. The van der Waals surface area contributed by atoms with Crippen molar-refractivity contribution in [2.24, 2.45) is 0 Å². The number of benzene rings is 2. The molecule has 0 N–H and O–H groups in total. The summed E-state index contributed by atoms with van der Waals surface area (Å²) in [5.41, 5.74) is 0.901. The maximum atomic E-state index is 13.3. The summed E-state index contributed by atoms with van der Waals surface area (Å²) in [6.07, 6.45) is 3.12. The van der Waals surface area contributed by atoms with Crippen molar-refractivity contribution in [2.45, 2.75) is 51.7 Å². The zero-order valence-corrected chi connectivity index (χ0v) is 19.8. The molecule has 0 spiro atoms. The molecule has 2 amide bonds. The third-order valence-electron chi connectivity index (χ3n) is 6.00. The summed E-state index contributed by atoms with van der Waals surface area (Å²) in [5.74, 6) is -1.02. The van der Waals surface area contributed by atoms with E-state index >= 15 is 0 Å². The van der Waals surface area contributed by atoms with Gasteiger partial charge in [-0.2, -0.15) is 0 Å². The van der Waals surface area contributed by atoms with Crippen LogP contribution in [0, 0.1) is 5.82 Å². The topological polar surface area (TPSA) is 76.1 Å². The Bertz CT molecular complexity index is 1000. The highest BCUT2D eigenvalue weighted by molar-refractivity contribution is 5.91. The molecule has 34 heavy (non-hydrogen) atoms. The summed E-state index contributed by atoms with van der Waals surface area (Å²) in [5, 5.41) is 0. The van der Waals surface area contributed by atoms with Crippen molar-refractivity contribution in [1.82, 2.24) is 9.80 Å². The Kier molecular flexibility index (Phi) is 8.62. The monoisotopic (exact) mass is 470 g/mol. The first-order valence-corrected chi connectivity index (χ1v) is 11.4. The van der Waals surface area contributed by atoms with Crippen LogP contribution in [0.15, 0.2) is 48.5 Å². The Morgan fingerprint density at radius 3 is 2.35 bits per heavy atom. The third kappa shape index (κ3) is 6.79. The molecule has 1 aliphatic rings. The SMILES string of the molecule is C[C@@H]1CCC[C@@H](C)N1C(=O)COc1ccc(C(=O)OCC(=O)N(C)Cc2cccc(F)c2)cc1. The molecule has 1 fully saturated rings. The fourth-order valence-electron chi connectivity index (χ4n) is 4.14. The Balaban J connectivity index is 1.45. The molecule has 0 aromatic heterocycles. The van der Waals surface area contributed by atoms with E-state index in [2.05, 4.69) is 13.8 Å². The molecule has 0 saturated carbocycles. The first-order valence-electron chi connectivity index (χ1n) is 11.4. The van der Waals surface area contributed by atoms with Crippen LogP contribution in [0.25, 0.3) is 0 Å². The molecule has 182 valence electrons. The van der Waals surface area contributed by atoms with Crippen LogP contribution in [0.1, 0.15) is 49.0 Å². The summed E-state index contributed by atoms with van der Waals surface area (Å²) in [6.45, 7) is 3.82. The number of amides is 2. The Hall–Kier alpha value is -3.42. The first kappa shape index (κ1) is 25.2. The van der Waals surface area contributed by atoms with E-state index in [1.165, 1.54) is 29.2 Å². The highest BCUT2D eigenvalue weighted by Gasteiger charge is 2.29. The van der Waals surface area contributed by atoms with Gasteiger partial charge < -0.3 is 19.3 Å². The van der Waals surface area contributed by atoms with Crippen molar-refractivity contribution in [3.8, 4) is 5.75 Å². The van der Waals surface area contributed by atoms with Crippen molar-refractivity contribution in [3.05, 3.63) is 65.5 Å². The van der Waals surface area contributed by atoms with Crippen LogP contribution in [0.5, 0.6) is 5.75 Å². The largest absolute Gasteiger partial charge is 0.484 e. The number of carbonyl (C=O) groups excluding carboxylic acids is 3. The van der Waals surface area contributed by atoms with Gasteiger partial charge in [-0.1, -0.05) is 12.1 Å². The summed E-state index contributed by atoms with van der Waals surface area (Å²) in [6, 6.07) is 12.6. The van der Waals surface area contributed by atoms with Crippen molar-refractivity contribution < 1.29 is 28.2 Å². The molecule has 1 saturated heterocycles. The number of halogens is 1. The van der Waals surface area contributed by atoms with E-state index in [0.717, 1.165) is 19.3 Å². The zero-order valence-electron chi connectivity index (χ0n) is 19.8. The molecular weight excluding hydrogens is 439 g/mol. The second-order valence-corrected chi connectivity index (χ2v) is 8.70. The molecule has 2 aromatic rings. The van der Waals surface area contributed by atoms with Gasteiger partial charge in [-0.3, -0.25) is 9.59 Å². The van der Waals surface area contributed by atoms with Crippen LogP contribution in [0.2, 0.25) is 0 Å². The van der Waals surface area contributed by atoms with E-state index in [1.807, 2.05) is 4.90 Å². The minimum absolute atomic E-state index is 0.0518. The smallest absolute Gasteiger partial charge is 0.338 e. The maximum Gasteiger partial charge on any atom is 0.338 e. The van der Waals surface area contributed by atoms with Gasteiger partial charge in [0.1, 0.15) is 11.6 Å². The molecule has 0 aliphatic carbocycles. The predicted molar refractivity (Wildman–Crippen MR) is 125 cm³/mol. The molecule has 0 unspecified atom stereocenters. The third-order valence-corrected chi connectivity index (χ3v) is 6.00. The van der Waals surface area contributed by atoms with Gasteiger partial charge in [-0.15, -0.1) is 0 Å². The molecule has 2 aromatic carbocycles. The van der Waals surface area contributed by atoms with Crippen LogP contribution in [-0.2, 0) is 20.9 Å². The fraction of sp³-hybridized carbons (Fsp3) is 0.423. The predicted octanol–water partition coefficient (Wildman–Crippen LogP) is 3.81. The zero-order chi connectivity index (χ0) is 24.7. The van der Waals surface area contributed by atoms with Gasteiger partial charge >= 0.3 is 5.97 Å². The average Bonchev–Trinajstić information content (AvgIpc) is 2.81. The summed E-state index contributed by atoms with van der Waals surface area (Å²) in [7, 11) is 1.56. The highest BCUT2D eigenvalue weighted by Crippen LogP contribution is 2.23. The Labute approximate surface area is 199 Å². The van der Waals surface area contributed by atoms with Crippen LogP contribution < -0.4 is 4.74 Å². The van der Waals surface area contributed by atoms with Crippen LogP contribution in [0.4, 0.5) is 4.39 Å². The van der Waals surface area contributed by atoms with Gasteiger partial charge in [0.05, 0.1) is 5.56 Å². The average molecular weight is 471 g/mol. The maximum absolute atomic E-state index is 13.3. The molecule has 1 heterocycles. The number of carbonyl (C=O) groups is 3. The van der Waals surface area contributed by atoms with Gasteiger partial charge in [-0.05, 0) is 75.1 Å². The molecule has 0 bridgehead atoms. The number of likely N-dealkylation sites (tertiary alicyclic amines) is 1. The fourth-order valence-corrected chi connectivity index (χ4v) is 4.14. The van der Waals surface area contributed by atoms with Crippen molar-refractivity contribution in [1.29, 1.82) is 0 Å². The number of likely N-dealkylation sites (N-methyl/N-ethyl adjacent to an activating group) is 1. The molecule has 8 heteroatoms. The van der Waals surface area contributed by atoms with E-state index in [-0.39, 0.29) is 42.5 Å². The lowest BCUT2D eigenvalue weighted by atomic mass is 9.97. The summed E-state index contributed by atoms with van der Waals surface area (Å²) < 4.78 is 24.0. The molecular formula is C26H31FN2O5. The number of hydrogen-bond donors (Lipinski definition) is 0. The molecule has 2 atom stereocenters. The highest BCUT2D eigenvalue weighted by atomic mass is 19.1. The molecule has 7 nitrogen and oxygen atoms in total. The Morgan fingerprint density at radius 2 is 1.71 bits per heavy atom. The second kappa shape index (κ2) is 11.6. The quantitative estimate of drug-likeness (QED) is 0.549. The van der Waals surface area contributed by atoms with E-state index in [0.29, 0.717) is 11.3 Å². The molecule has 3 rings (SSSR count). The number of piperidine rings is 1. The van der Waals surface area contributed by atoms with Gasteiger partial charge in [0, 0.05) is 25.7 Å². The van der Waals surface area contributed by atoms with Crippen LogP contribution in [-0.4, -0.2) is 59.9 Å². The van der Waals surface area contributed by atoms with Crippen molar-refractivity contribution in [3.63, 3.8) is 0 Å². The lowest BCUT2D eigenvalue weighted by Gasteiger charge is -2.38. The van der Waals surface area contributed by atoms with Gasteiger partial charge in [-0.25, -0.2) is 9.18 Å². The van der Waals surface area contributed by atoms with Gasteiger partial charge in [0.25, 0.3) is 11.8 Å². The minimum atomic E-state index is -0.647. The number of nitrogens with zero attached hydrogens (tertiary/aromatic N) is 2.